The van der Waals surface area contributed by atoms with Crippen molar-refractivity contribution in [2.75, 3.05) is 6.61 Å². The second-order valence-corrected chi connectivity index (χ2v) is 11.4. The molecule has 2 atom stereocenters. The molecule has 7 heteroatoms. The first kappa shape index (κ1) is 24.7. The third kappa shape index (κ3) is 4.82. The summed E-state index contributed by atoms with van der Waals surface area (Å²) in [5.41, 5.74) is 2.26. The van der Waals surface area contributed by atoms with E-state index in [-0.39, 0.29) is 31.2 Å². The summed E-state index contributed by atoms with van der Waals surface area (Å²) in [5, 5.41) is 8.70. The van der Waals surface area contributed by atoms with Crippen LogP contribution in [0.15, 0.2) is 83.3 Å². The first-order chi connectivity index (χ1) is 17.4. The largest absolute Gasteiger partial charge is 0.472 e. The molecule has 1 unspecified atom stereocenters. The predicted octanol–water partition coefficient (Wildman–Crippen LogP) is 6.16. The number of hydrogen-bond donors (Lipinski definition) is 1. The van der Waals surface area contributed by atoms with Gasteiger partial charge in [-0.3, -0.25) is 0 Å². The van der Waals surface area contributed by atoms with Gasteiger partial charge in [0.25, 0.3) is 10.0 Å². The van der Waals surface area contributed by atoms with Gasteiger partial charge in [0.1, 0.15) is 16.7 Å². The number of sulfonamides is 1. The molecule has 1 spiro atoms. The normalized spacial score (nSPS) is 21.1. The number of hydrogen-bond acceptors (Lipinski definition) is 4. The molecule has 188 valence electrons. The highest BCUT2D eigenvalue weighted by molar-refractivity contribution is 7.90. The van der Waals surface area contributed by atoms with Crippen molar-refractivity contribution in [2.24, 2.45) is 4.40 Å². The maximum absolute atomic E-state index is 14.5. The van der Waals surface area contributed by atoms with E-state index in [2.05, 4.69) is 4.40 Å². The molecule has 0 radical (unpaired) electrons. The van der Waals surface area contributed by atoms with E-state index in [0.717, 1.165) is 24.0 Å². The van der Waals surface area contributed by atoms with E-state index in [1.54, 1.807) is 18.2 Å². The Labute approximate surface area is 211 Å². The van der Waals surface area contributed by atoms with E-state index < -0.39 is 26.8 Å². The maximum Gasteiger partial charge on any atom is 0.267 e. The number of rotatable bonds is 7. The quantitative estimate of drug-likeness (QED) is 0.415. The van der Waals surface area contributed by atoms with Gasteiger partial charge in [0.15, 0.2) is 0 Å². The Morgan fingerprint density at radius 2 is 1.58 bits per heavy atom. The van der Waals surface area contributed by atoms with Gasteiger partial charge in [-0.1, -0.05) is 72.8 Å². The lowest BCUT2D eigenvalue weighted by molar-refractivity contribution is 0.0484. The molecule has 1 fully saturated rings. The molecule has 0 aromatic heterocycles. The fraction of sp³-hybridized carbons (Fsp3) is 0.345. The summed E-state index contributed by atoms with van der Waals surface area (Å²) in [6.07, 6.45) is 3.36. The molecule has 0 bridgehead atoms. The smallest absolute Gasteiger partial charge is 0.267 e. The molecule has 1 N–H and O–H groups in total. The first-order valence-corrected chi connectivity index (χ1v) is 13.9. The number of benzene rings is 3. The van der Waals surface area contributed by atoms with Crippen molar-refractivity contribution < 1.29 is 22.7 Å². The van der Waals surface area contributed by atoms with Crippen molar-refractivity contribution >= 4 is 15.9 Å². The average Bonchev–Trinajstić information content (AvgIpc) is 3.32. The maximum atomic E-state index is 14.5. The number of aliphatic hydroxyl groups excluding tert-OH is 1. The lowest BCUT2D eigenvalue weighted by Gasteiger charge is -2.40. The molecular weight excluding hydrogens is 477 g/mol. The van der Waals surface area contributed by atoms with Crippen molar-refractivity contribution in [2.45, 2.75) is 55.3 Å². The minimum atomic E-state index is -3.94. The molecule has 1 saturated carbocycles. The SMILES string of the molecule is O=S1(=O)N=C(C[C@@H](CCO)c2ccccc2F)OC2(CCCC2)C1c1ccc(-c2ccccc2)cc1. The second-order valence-electron chi connectivity index (χ2n) is 9.68. The van der Waals surface area contributed by atoms with Gasteiger partial charge in [0, 0.05) is 13.0 Å². The van der Waals surface area contributed by atoms with Crippen LogP contribution < -0.4 is 0 Å². The minimum absolute atomic E-state index is 0.107. The summed E-state index contributed by atoms with van der Waals surface area (Å²) in [5.74, 6) is -0.719. The molecule has 36 heavy (non-hydrogen) atoms. The molecule has 0 amide bonds. The third-order valence-electron chi connectivity index (χ3n) is 7.34. The first-order valence-electron chi connectivity index (χ1n) is 12.4. The van der Waals surface area contributed by atoms with Crippen LogP contribution in [0.3, 0.4) is 0 Å². The lowest BCUT2D eigenvalue weighted by atomic mass is 9.89. The van der Waals surface area contributed by atoms with Crippen molar-refractivity contribution in [3.05, 3.63) is 95.8 Å². The Kier molecular flexibility index (Phi) is 6.95. The van der Waals surface area contributed by atoms with E-state index >= 15 is 0 Å². The van der Waals surface area contributed by atoms with Gasteiger partial charge in [-0.05, 0) is 66.3 Å². The number of nitrogens with zero attached hydrogens (tertiary/aromatic N) is 1. The fourth-order valence-electron chi connectivity index (χ4n) is 5.69. The Bertz CT molecular complexity index is 1330. The van der Waals surface area contributed by atoms with Crippen molar-refractivity contribution in [1.82, 2.24) is 0 Å². The summed E-state index contributed by atoms with van der Waals surface area (Å²) >= 11 is 0. The van der Waals surface area contributed by atoms with Crippen LogP contribution in [0.2, 0.25) is 0 Å². The average molecular weight is 508 g/mol. The van der Waals surface area contributed by atoms with Crippen LogP contribution in [-0.4, -0.2) is 31.6 Å². The zero-order chi connectivity index (χ0) is 25.2. The van der Waals surface area contributed by atoms with Gasteiger partial charge >= 0.3 is 0 Å². The van der Waals surface area contributed by atoms with Gasteiger partial charge in [-0.2, -0.15) is 0 Å². The lowest BCUT2D eigenvalue weighted by Crippen LogP contribution is -2.46. The zero-order valence-corrected chi connectivity index (χ0v) is 20.8. The van der Waals surface area contributed by atoms with Gasteiger partial charge in [0.05, 0.1) is 0 Å². The predicted molar refractivity (Wildman–Crippen MR) is 139 cm³/mol. The summed E-state index contributed by atoms with van der Waals surface area (Å²) in [7, 11) is -3.94. The molecule has 3 aromatic rings. The Morgan fingerprint density at radius 1 is 0.944 bits per heavy atom. The molecule has 0 saturated heterocycles. The van der Waals surface area contributed by atoms with Gasteiger partial charge in [-0.15, -0.1) is 4.40 Å². The second kappa shape index (κ2) is 10.1. The van der Waals surface area contributed by atoms with Crippen molar-refractivity contribution in [3.8, 4) is 11.1 Å². The van der Waals surface area contributed by atoms with E-state index in [4.69, 9.17) is 4.74 Å². The van der Waals surface area contributed by atoms with E-state index in [9.17, 15) is 17.9 Å². The molecule has 1 aliphatic heterocycles. The zero-order valence-electron chi connectivity index (χ0n) is 20.0. The highest BCUT2D eigenvalue weighted by Gasteiger charge is 2.54. The highest BCUT2D eigenvalue weighted by atomic mass is 32.2. The van der Waals surface area contributed by atoms with Gasteiger partial charge in [-0.25, -0.2) is 12.8 Å². The van der Waals surface area contributed by atoms with Gasteiger partial charge < -0.3 is 9.84 Å². The Hall–Kier alpha value is -3.03. The minimum Gasteiger partial charge on any atom is -0.472 e. The van der Waals surface area contributed by atoms with Crippen molar-refractivity contribution in [3.63, 3.8) is 0 Å². The van der Waals surface area contributed by atoms with Crippen molar-refractivity contribution in [1.29, 1.82) is 0 Å². The number of aliphatic hydroxyl groups is 1. The summed E-state index contributed by atoms with van der Waals surface area (Å²) < 4.78 is 52.4. The van der Waals surface area contributed by atoms with Gasteiger partial charge in [0.2, 0.25) is 5.90 Å². The highest BCUT2D eigenvalue weighted by Crippen LogP contribution is 2.50. The standard InChI is InChI=1S/C29H30FNO4S/c30-26-11-5-4-10-25(26)24(16-19-32)20-27-31-36(33,34)28(29(35-27)17-6-7-18-29)23-14-12-22(13-15-23)21-8-2-1-3-9-21/h1-5,8-15,24,28,32H,6-7,16-20H2/t24-,28?/m1/s1. The summed E-state index contributed by atoms with van der Waals surface area (Å²) in [4.78, 5) is 0. The van der Waals surface area contributed by atoms with Crippen LogP contribution in [0.4, 0.5) is 4.39 Å². The van der Waals surface area contributed by atoms with Crippen LogP contribution in [0.1, 0.15) is 60.8 Å². The molecule has 3 aromatic carbocycles. The topological polar surface area (TPSA) is 76.0 Å². The Morgan fingerprint density at radius 3 is 2.25 bits per heavy atom. The third-order valence-corrected chi connectivity index (χ3v) is 9.10. The molecule has 5 nitrogen and oxygen atoms in total. The number of ether oxygens (including phenoxy) is 1. The molecular formula is C29H30FNO4S. The van der Waals surface area contributed by atoms with Crippen LogP contribution >= 0.6 is 0 Å². The molecule has 2 aliphatic rings. The van der Waals surface area contributed by atoms with E-state index in [0.29, 0.717) is 24.0 Å². The van der Waals surface area contributed by atoms with Crippen LogP contribution in [0.25, 0.3) is 11.1 Å². The van der Waals surface area contributed by atoms with E-state index in [1.165, 1.54) is 6.07 Å². The Balaban J connectivity index is 1.49. The summed E-state index contributed by atoms with van der Waals surface area (Å²) in [6.45, 7) is -0.152. The van der Waals surface area contributed by atoms with Crippen LogP contribution in [-0.2, 0) is 14.8 Å². The molecule has 1 aliphatic carbocycles. The summed E-state index contributed by atoms with van der Waals surface area (Å²) in [6, 6.07) is 23.9. The number of halogens is 1. The van der Waals surface area contributed by atoms with Crippen LogP contribution in [0, 0.1) is 5.82 Å². The van der Waals surface area contributed by atoms with Crippen LogP contribution in [0.5, 0.6) is 0 Å². The van der Waals surface area contributed by atoms with E-state index in [1.807, 2.05) is 54.6 Å². The fourth-order valence-corrected chi connectivity index (χ4v) is 7.52. The molecule has 1 heterocycles. The monoisotopic (exact) mass is 507 g/mol. The molecule has 5 rings (SSSR count).